The molecule has 0 spiro atoms. The van der Waals surface area contributed by atoms with Crippen LogP contribution >= 0.6 is 33.9 Å². The SMILES string of the molecule is CC(C)(C)N1CCN(C(=O)c2csc(I)c2)CC1. The normalized spacial score (nSPS) is 18.1. The van der Waals surface area contributed by atoms with Crippen molar-refractivity contribution < 1.29 is 4.79 Å². The van der Waals surface area contributed by atoms with E-state index in [1.165, 1.54) is 2.88 Å². The van der Waals surface area contributed by atoms with Crippen LogP contribution in [0, 0.1) is 2.88 Å². The summed E-state index contributed by atoms with van der Waals surface area (Å²) in [5, 5.41) is 1.96. The summed E-state index contributed by atoms with van der Waals surface area (Å²) in [4.78, 5) is 16.7. The summed E-state index contributed by atoms with van der Waals surface area (Å²) in [6.45, 7) is 10.3. The zero-order chi connectivity index (χ0) is 13.3. The van der Waals surface area contributed by atoms with Crippen LogP contribution in [0.1, 0.15) is 31.1 Å². The lowest BCUT2D eigenvalue weighted by molar-refractivity contribution is 0.0451. The smallest absolute Gasteiger partial charge is 0.254 e. The summed E-state index contributed by atoms with van der Waals surface area (Å²) in [6, 6.07) is 1.98. The highest BCUT2D eigenvalue weighted by Crippen LogP contribution is 2.20. The monoisotopic (exact) mass is 378 g/mol. The van der Waals surface area contributed by atoms with Crippen molar-refractivity contribution in [2.45, 2.75) is 26.3 Å². The van der Waals surface area contributed by atoms with E-state index in [0.29, 0.717) is 0 Å². The summed E-state index contributed by atoms with van der Waals surface area (Å²) in [7, 11) is 0. The van der Waals surface area contributed by atoms with E-state index in [0.717, 1.165) is 31.7 Å². The summed E-state index contributed by atoms with van der Waals surface area (Å²) < 4.78 is 1.17. The zero-order valence-corrected chi connectivity index (χ0v) is 14.0. The highest BCUT2D eigenvalue weighted by atomic mass is 127. The molecule has 0 radical (unpaired) electrons. The Bertz CT molecular complexity index is 430. The molecular formula is C13H19IN2OS. The standard InChI is InChI=1S/C13H19IN2OS/c1-13(2,3)16-6-4-15(5-7-16)12(17)10-8-11(14)18-9-10/h8-9H,4-7H2,1-3H3. The number of halogens is 1. The first-order chi connectivity index (χ1) is 8.38. The van der Waals surface area contributed by atoms with Crippen molar-refractivity contribution in [1.82, 2.24) is 9.80 Å². The first-order valence-corrected chi connectivity index (χ1v) is 8.12. The van der Waals surface area contributed by atoms with E-state index in [1.807, 2.05) is 16.3 Å². The van der Waals surface area contributed by atoms with Crippen LogP contribution in [0.15, 0.2) is 11.4 Å². The second-order valence-corrected chi connectivity index (χ2v) is 8.39. The van der Waals surface area contributed by atoms with Crippen LogP contribution in [0.2, 0.25) is 0 Å². The molecule has 0 saturated carbocycles. The van der Waals surface area contributed by atoms with Gasteiger partial charge in [-0.15, -0.1) is 11.3 Å². The molecule has 0 N–H and O–H groups in total. The van der Waals surface area contributed by atoms with E-state index < -0.39 is 0 Å². The van der Waals surface area contributed by atoms with Gasteiger partial charge in [0.05, 0.1) is 8.45 Å². The van der Waals surface area contributed by atoms with Gasteiger partial charge < -0.3 is 4.90 Å². The van der Waals surface area contributed by atoms with Crippen molar-refractivity contribution in [3.05, 3.63) is 19.9 Å². The minimum Gasteiger partial charge on any atom is -0.336 e. The number of hydrogen-bond donors (Lipinski definition) is 0. The highest BCUT2D eigenvalue weighted by molar-refractivity contribution is 14.1. The number of rotatable bonds is 1. The van der Waals surface area contributed by atoms with Crippen molar-refractivity contribution in [1.29, 1.82) is 0 Å². The second-order valence-electron chi connectivity index (χ2n) is 5.59. The minimum absolute atomic E-state index is 0.183. The molecule has 100 valence electrons. The Morgan fingerprint density at radius 2 is 1.89 bits per heavy atom. The Morgan fingerprint density at radius 1 is 1.28 bits per heavy atom. The largest absolute Gasteiger partial charge is 0.336 e. The molecule has 0 atom stereocenters. The van der Waals surface area contributed by atoms with Crippen molar-refractivity contribution in [2.75, 3.05) is 26.2 Å². The van der Waals surface area contributed by atoms with Crippen LogP contribution in [0.4, 0.5) is 0 Å². The van der Waals surface area contributed by atoms with Crippen LogP contribution in [-0.4, -0.2) is 47.4 Å². The fourth-order valence-electron chi connectivity index (χ4n) is 2.19. The van der Waals surface area contributed by atoms with Crippen molar-refractivity contribution in [3.63, 3.8) is 0 Å². The van der Waals surface area contributed by atoms with Gasteiger partial charge in [-0.2, -0.15) is 0 Å². The van der Waals surface area contributed by atoms with Crippen LogP contribution in [0.3, 0.4) is 0 Å². The van der Waals surface area contributed by atoms with Gasteiger partial charge in [-0.05, 0) is 49.4 Å². The van der Waals surface area contributed by atoms with Crippen LogP contribution in [-0.2, 0) is 0 Å². The van der Waals surface area contributed by atoms with Crippen LogP contribution < -0.4 is 0 Å². The maximum absolute atomic E-state index is 12.3. The fraction of sp³-hybridized carbons (Fsp3) is 0.615. The molecule has 18 heavy (non-hydrogen) atoms. The second kappa shape index (κ2) is 5.46. The van der Waals surface area contributed by atoms with Gasteiger partial charge in [-0.25, -0.2) is 0 Å². The Labute approximate surface area is 126 Å². The van der Waals surface area contributed by atoms with Gasteiger partial charge in [-0.3, -0.25) is 9.69 Å². The average Bonchev–Trinajstić information content (AvgIpc) is 2.74. The summed E-state index contributed by atoms with van der Waals surface area (Å²) in [5.74, 6) is 0.183. The number of thiophene rings is 1. The number of nitrogens with zero attached hydrogens (tertiary/aromatic N) is 2. The third-order valence-electron chi connectivity index (χ3n) is 3.33. The van der Waals surface area contributed by atoms with E-state index in [-0.39, 0.29) is 11.4 Å². The fourth-order valence-corrected chi connectivity index (χ4v) is 3.51. The molecule has 1 fully saturated rings. The number of piperazine rings is 1. The Hall–Kier alpha value is -0.140. The molecule has 2 rings (SSSR count). The summed E-state index contributed by atoms with van der Waals surface area (Å²) in [5.41, 5.74) is 1.04. The molecular weight excluding hydrogens is 359 g/mol. The molecule has 3 nitrogen and oxygen atoms in total. The predicted molar refractivity (Wildman–Crippen MR) is 84.3 cm³/mol. The van der Waals surface area contributed by atoms with Gasteiger partial charge in [0.2, 0.25) is 0 Å². The van der Waals surface area contributed by atoms with Crippen molar-refractivity contribution in [2.24, 2.45) is 0 Å². The lowest BCUT2D eigenvalue weighted by Gasteiger charge is -2.42. The highest BCUT2D eigenvalue weighted by Gasteiger charge is 2.28. The Morgan fingerprint density at radius 3 is 2.33 bits per heavy atom. The van der Waals surface area contributed by atoms with Gasteiger partial charge in [-0.1, -0.05) is 0 Å². The van der Waals surface area contributed by atoms with E-state index in [9.17, 15) is 4.79 Å². The maximum atomic E-state index is 12.3. The quantitative estimate of drug-likeness (QED) is 0.702. The van der Waals surface area contributed by atoms with E-state index in [2.05, 4.69) is 48.3 Å². The predicted octanol–water partition coefficient (Wildman–Crippen LogP) is 2.91. The molecule has 0 aromatic carbocycles. The average molecular weight is 378 g/mol. The van der Waals surface area contributed by atoms with Crippen LogP contribution in [0.25, 0.3) is 0 Å². The van der Waals surface area contributed by atoms with Crippen LogP contribution in [0.5, 0.6) is 0 Å². The summed E-state index contributed by atoms with van der Waals surface area (Å²) >= 11 is 3.89. The molecule has 1 aromatic heterocycles. The molecule has 0 bridgehead atoms. The van der Waals surface area contributed by atoms with Gasteiger partial charge in [0.15, 0.2) is 0 Å². The molecule has 1 aliphatic heterocycles. The molecule has 0 aliphatic carbocycles. The number of hydrogen-bond acceptors (Lipinski definition) is 3. The molecule has 1 aromatic rings. The lowest BCUT2D eigenvalue weighted by Crippen LogP contribution is -2.54. The number of carbonyl (C=O) groups is 1. The van der Waals surface area contributed by atoms with E-state index >= 15 is 0 Å². The molecule has 5 heteroatoms. The third kappa shape index (κ3) is 3.24. The van der Waals surface area contributed by atoms with Gasteiger partial charge in [0, 0.05) is 37.1 Å². The molecule has 0 unspecified atom stereocenters. The minimum atomic E-state index is 0.183. The molecule has 1 aliphatic rings. The zero-order valence-electron chi connectivity index (χ0n) is 11.1. The van der Waals surface area contributed by atoms with Gasteiger partial charge >= 0.3 is 0 Å². The van der Waals surface area contributed by atoms with Gasteiger partial charge in [0.25, 0.3) is 5.91 Å². The Kier molecular flexibility index (Phi) is 4.33. The van der Waals surface area contributed by atoms with Crippen molar-refractivity contribution in [3.8, 4) is 0 Å². The first-order valence-electron chi connectivity index (χ1n) is 6.16. The summed E-state index contributed by atoms with van der Waals surface area (Å²) in [6.07, 6.45) is 0. The topological polar surface area (TPSA) is 23.6 Å². The third-order valence-corrected chi connectivity index (χ3v) is 5.12. The van der Waals surface area contributed by atoms with E-state index in [1.54, 1.807) is 11.3 Å². The first kappa shape index (κ1) is 14.3. The molecule has 1 saturated heterocycles. The Balaban J connectivity index is 1.96. The molecule has 2 heterocycles. The number of amides is 1. The van der Waals surface area contributed by atoms with Gasteiger partial charge in [0.1, 0.15) is 0 Å². The number of carbonyl (C=O) groups excluding carboxylic acids is 1. The molecule has 1 amide bonds. The van der Waals surface area contributed by atoms with Crippen molar-refractivity contribution >= 4 is 39.8 Å². The lowest BCUT2D eigenvalue weighted by atomic mass is 10.0. The van der Waals surface area contributed by atoms with E-state index in [4.69, 9.17) is 0 Å². The maximum Gasteiger partial charge on any atom is 0.254 e.